The van der Waals surface area contributed by atoms with Gasteiger partial charge < -0.3 is 0 Å². The summed E-state index contributed by atoms with van der Waals surface area (Å²) >= 11 is 0. The van der Waals surface area contributed by atoms with Crippen LogP contribution < -0.4 is 0 Å². The summed E-state index contributed by atoms with van der Waals surface area (Å²) in [5.74, 6) is 0. The van der Waals surface area contributed by atoms with Gasteiger partial charge in [-0.05, 0) is 41.3 Å². The van der Waals surface area contributed by atoms with E-state index in [4.69, 9.17) is 0 Å². The van der Waals surface area contributed by atoms with Gasteiger partial charge in [0.2, 0.25) is 0 Å². The van der Waals surface area contributed by atoms with Crippen molar-refractivity contribution in [3.8, 4) is 11.3 Å². The minimum Gasteiger partial charge on any atom is -0.256 e. The lowest BCUT2D eigenvalue weighted by Gasteiger charge is -2.18. The zero-order valence-corrected chi connectivity index (χ0v) is 11.8. The molecule has 0 bridgehead atoms. The Morgan fingerprint density at radius 2 is 1.95 bits per heavy atom. The van der Waals surface area contributed by atoms with Gasteiger partial charge in [-0.25, -0.2) is 0 Å². The van der Waals surface area contributed by atoms with Crippen LogP contribution in [-0.4, -0.2) is 4.98 Å². The molecule has 1 aliphatic rings. The predicted molar refractivity (Wildman–Crippen MR) is 81.1 cm³/mol. The SMILES string of the molecule is CCc1ccnc(-c2ccc3c(c2)C=CC3(C)C)c1. The fourth-order valence-electron chi connectivity index (χ4n) is 2.69. The lowest BCUT2D eigenvalue weighted by atomic mass is 9.86. The summed E-state index contributed by atoms with van der Waals surface area (Å²) in [4.78, 5) is 4.50. The molecule has 2 aromatic rings. The average molecular weight is 249 g/mol. The first-order chi connectivity index (χ1) is 9.10. The van der Waals surface area contributed by atoms with Crippen LogP contribution in [0.15, 0.2) is 42.6 Å². The molecule has 0 spiro atoms. The molecule has 1 aromatic heterocycles. The van der Waals surface area contributed by atoms with E-state index in [9.17, 15) is 0 Å². The van der Waals surface area contributed by atoms with E-state index in [2.05, 4.69) is 68.2 Å². The molecular formula is C18H19N. The molecule has 0 saturated carbocycles. The monoisotopic (exact) mass is 249 g/mol. The van der Waals surface area contributed by atoms with Crippen LogP contribution in [0.1, 0.15) is 37.5 Å². The molecule has 1 aromatic carbocycles. The Kier molecular flexibility index (Phi) is 2.78. The summed E-state index contributed by atoms with van der Waals surface area (Å²) in [6, 6.07) is 11.0. The molecule has 19 heavy (non-hydrogen) atoms. The molecule has 1 aliphatic carbocycles. The number of aromatic nitrogens is 1. The second-order valence-electron chi connectivity index (χ2n) is 5.76. The summed E-state index contributed by atoms with van der Waals surface area (Å²) in [6.07, 6.45) is 7.45. The number of benzene rings is 1. The Labute approximate surface area is 115 Å². The van der Waals surface area contributed by atoms with Gasteiger partial charge in [0, 0.05) is 17.2 Å². The third-order valence-corrected chi connectivity index (χ3v) is 3.95. The standard InChI is InChI=1S/C18H19N/c1-4-13-8-10-19-17(11-13)15-5-6-16-14(12-15)7-9-18(16,2)3/h5-12H,4H2,1-3H3. The molecule has 0 atom stereocenters. The van der Waals surface area contributed by atoms with Gasteiger partial charge in [-0.2, -0.15) is 0 Å². The molecule has 3 rings (SSSR count). The first-order valence-electron chi connectivity index (χ1n) is 6.89. The quantitative estimate of drug-likeness (QED) is 0.757. The normalized spacial score (nSPS) is 15.5. The minimum atomic E-state index is 0.159. The van der Waals surface area contributed by atoms with E-state index >= 15 is 0 Å². The molecule has 0 unspecified atom stereocenters. The highest BCUT2D eigenvalue weighted by Gasteiger charge is 2.24. The number of pyridine rings is 1. The van der Waals surface area contributed by atoms with Gasteiger partial charge in [0.15, 0.2) is 0 Å². The molecule has 0 aliphatic heterocycles. The van der Waals surface area contributed by atoms with Crippen molar-refractivity contribution < 1.29 is 0 Å². The van der Waals surface area contributed by atoms with Crippen molar-refractivity contribution in [1.82, 2.24) is 4.98 Å². The van der Waals surface area contributed by atoms with Crippen molar-refractivity contribution >= 4 is 6.08 Å². The average Bonchev–Trinajstić information content (AvgIpc) is 2.74. The maximum absolute atomic E-state index is 4.50. The van der Waals surface area contributed by atoms with E-state index in [1.807, 2.05) is 6.20 Å². The Hall–Kier alpha value is -1.89. The Balaban J connectivity index is 2.06. The summed E-state index contributed by atoms with van der Waals surface area (Å²) < 4.78 is 0. The number of allylic oxidation sites excluding steroid dienone is 1. The maximum Gasteiger partial charge on any atom is 0.0704 e. The fraction of sp³-hybridized carbons (Fsp3) is 0.278. The second kappa shape index (κ2) is 4.34. The number of fused-ring (bicyclic) bond motifs is 1. The zero-order chi connectivity index (χ0) is 13.5. The summed E-state index contributed by atoms with van der Waals surface area (Å²) in [5.41, 5.74) is 6.50. The lowest BCUT2D eigenvalue weighted by Crippen LogP contribution is -2.10. The molecule has 0 radical (unpaired) electrons. The van der Waals surface area contributed by atoms with Crippen LogP contribution in [0.2, 0.25) is 0 Å². The van der Waals surface area contributed by atoms with Gasteiger partial charge in [0.1, 0.15) is 0 Å². The number of rotatable bonds is 2. The van der Waals surface area contributed by atoms with Crippen LogP contribution in [0.25, 0.3) is 17.3 Å². The van der Waals surface area contributed by atoms with E-state index in [1.54, 1.807) is 0 Å². The van der Waals surface area contributed by atoms with Crippen molar-refractivity contribution in [2.45, 2.75) is 32.6 Å². The molecule has 1 nitrogen and oxygen atoms in total. The van der Waals surface area contributed by atoms with Crippen LogP contribution in [0.4, 0.5) is 0 Å². The highest BCUT2D eigenvalue weighted by molar-refractivity contribution is 5.71. The van der Waals surface area contributed by atoms with Crippen LogP contribution in [0.5, 0.6) is 0 Å². The van der Waals surface area contributed by atoms with Gasteiger partial charge >= 0.3 is 0 Å². The highest BCUT2D eigenvalue weighted by Crippen LogP contribution is 2.37. The van der Waals surface area contributed by atoms with E-state index in [0.717, 1.165) is 12.1 Å². The first kappa shape index (κ1) is 12.2. The molecular weight excluding hydrogens is 230 g/mol. The van der Waals surface area contributed by atoms with Crippen LogP contribution >= 0.6 is 0 Å². The Morgan fingerprint density at radius 1 is 1.11 bits per heavy atom. The Morgan fingerprint density at radius 3 is 2.74 bits per heavy atom. The van der Waals surface area contributed by atoms with Crippen molar-refractivity contribution in [1.29, 1.82) is 0 Å². The first-order valence-corrected chi connectivity index (χ1v) is 6.89. The summed E-state index contributed by atoms with van der Waals surface area (Å²) in [6.45, 7) is 6.68. The van der Waals surface area contributed by atoms with Crippen LogP contribution in [0.3, 0.4) is 0 Å². The molecule has 1 heterocycles. The highest BCUT2D eigenvalue weighted by atomic mass is 14.7. The molecule has 0 fully saturated rings. The molecule has 1 heteroatoms. The number of nitrogens with zero attached hydrogens (tertiary/aromatic N) is 1. The van der Waals surface area contributed by atoms with Gasteiger partial charge in [-0.15, -0.1) is 0 Å². The third kappa shape index (κ3) is 2.10. The van der Waals surface area contributed by atoms with Gasteiger partial charge in [-0.3, -0.25) is 4.98 Å². The summed E-state index contributed by atoms with van der Waals surface area (Å²) in [7, 11) is 0. The third-order valence-electron chi connectivity index (χ3n) is 3.95. The molecule has 0 amide bonds. The molecule has 0 N–H and O–H groups in total. The largest absolute Gasteiger partial charge is 0.256 e. The maximum atomic E-state index is 4.50. The lowest BCUT2D eigenvalue weighted by molar-refractivity contribution is 0.683. The van der Waals surface area contributed by atoms with Crippen molar-refractivity contribution in [2.24, 2.45) is 0 Å². The van der Waals surface area contributed by atoms with Crippen LogP contribution in [0, 0.1) is 0 Å². The van der Waals surface area contributed by atoms with Crippen molar-refractivity contribution in [3.63, 3.8) is 0 Å². The van der Waals surface area contributed by atoms with E-state index in [-0.39, 0.29) is 5.41 Å². The molecule has 96 valence electrons. The zero-order valence-electron chi connectivity index (χ0n) is 11.8. The minimum absolute atomic E-state index is 0.159. The number of hydrogen-bond donors (Lipinski definition) is 0. The number of aryl methyl sites for hydroxylation is 1. The summed E-state index contributed by atoms with van der Waals surface area (Å²) in [5, 5.41) is 0. The topological polar surface area (TPSA) is 12.9 Å². The van der Waals surface area contributed by atoms with Crippen molar-refractivity contribution in [3.05, 3.63) is 59.3 Å². The van der Waals surface area contributed by atoms with E-state index in [1.165, 1.54) is 22.3 Å². The number of hydrogen-bond acceptors (Lipinski definition) is 1. The Bertz CT molecular complexity index is 650. The predicted octanol–water partition coefficient (Wildman–Crippen LogP) is 4.62. The molecule has 0 saturated heterocycles. The van der Waals surface area contributed by atoms with Gasteiger partial charge in [0.25, 0.3) is 0 Å². The van der Waals surface area contributed by atoms with Gasteiger partial charge in [-0.1, -0.05) is 45.1 Å². The van der Waals surface area contributed by atoms with Gasteiger partial charge in [0.05, 0.1) is 5.69 Å². The van der Waals surface area contributed by atoms with E-state index in [0.29, 0.717) is 0 Å². The van der Waals surface area contributed by atoms with E-state index < -0.39 is 0 Å². The second-order valence-corrected chi connectivity index (χ2v) is 5.76. The fourth-order valence-corrected chi connectivity index (χ4v) is 2.69. The van der Waals surface area contributed by atoms with Crippen molar-refractivity contribution in [2.75, 3.05) is 0 Å². The smallest absolute Gasteiger partial charge is 0.0704 e. The van der Waals surface area contributed by atoms with Crippen LogP contribution in [-0.2, 0) is 11.8 Å².